The molecule has 0 spiro atoms. The van der Waals surface area contributed by atoms with Crippen molar-refractivity contribution in [1.82, 2.24) is 10.2 Å². The monoisotopic (exact) mass is 225 g/mol. The molecule has 0 aliphatic carbocycles. The van der Waals surface area contributed by atoms with Crippen LogP contribution in [0, 0.1) is 18.3 Å². The van der Waals surface area contributed by atoms with E-state index < -0.39 is 0 Å². The summed E-state index contributed by atoms with van der Waals surface area (Å²) < 4.78 is 0. The van der Waals surface area contributed by atoms with Crippen molar-refractivity contribution < 1.29 is 0 Å². The highest BCUT2D eigenvalue weighted by Crippen LogP contribution is 2.14. The van der Waals surface area contributed by atoms with Gasteiger partial charge in [-0.3, -0.25) is 0 Å². The molecule has 4 heteroatoms. The largest absolute Gasteiger partial charge is 0.198 e. The number of nitrogens with zero attached hydrogens (tertiary/aromatic N) is 3. The van der Waals surface area contributed by atoms with Gasteiger partial charge in [0.25, 0.3) is 0 Å². The summed E-state index contributed by atoms with van der Waals surface area (Å²) >= 11 is 3.25. The van der Waals surface area contributed by atoms with Gasteiger partial charge >= 0.3 is 0 Å². The molecule has 1 atom stereocenters. The topological polar surface area (TPSA) is 49.6 Å². The van der Waals surface area contributed by atoms with E-state index >= 15 is 0 Å². The highest BCUT2D eigenvalue weighted by molar-refractivity contribution is 9.09. The van der Waals surface area contributed by atoms with E-state index in [0.717, 1.165) is 11.3 Å². The summed E-state index contributed by atoms with van der Waals surface area (Å²) in [4.78, 5) is 0. The lowest BCUT2D eigenvalue weighted by atomic mass is 10.1. The van der Waals surface area contributed by atoms with Crippen LogP contribution in [-0.2, 0) is 0 Å². The molecule has 0 radical (unpaired) electrons. The van der Waals surface area contributed by atoms with Crippen molar-refractivity contribution in [3.05, 3.63) is 23.5 Å². The molecule has 0 aromatic carbocycles. The highest BCUT2D eigenvalue weighted by atomic mass is 79.9. The Morgan fingerprint density at radius 3 is 3.00 bits per heavy atom. The Morgan fingerprint density at radius 1 is 1.75 bits per heavy atom. The fourth-order valence-corrected chi connectivity index (χ4v) is 1.31. The molecular weight excluding hydrogens is 218 g/mol. The summed E-state index contributed by atoms with van der Waals surface area (Å²) in [7, 11) is 0. The van der Waals surface area contributed by atoms with Crippen LogP contribution in [-0.4, -0.2) is 15.5 Å². The van der Waals surface area contributed by atoms with E-state index in [0.29, 0.717) is 5.33 Å². The molecule has 3 nitrogen and oxygen atoms in total. The van der Waals surface area contributed by atoms with Crippen LogP contribution in [0.3, 0.4) is 0 Å². The molecule has 12 heavy (non-hydrogen) atoms. The van der Waals surface area contributed by atoms with Crippen molar-refractivity contribution in [3.8, 4) is 6.07 Å². The van der Waals surface area contributed by atoms with Gasteiger partial charge in [0.05, 0.1) is 23.9 Å². The van der Waals surface area contributed by atoms with E-state index in [4.69, 9.17) is 5.26 Å². The van der Waals surface area contributed by atoms with Gasteiger partial charge in [0, 0.05) is 5.33 Å². The third-order valence-electron chi connectivity index (χ3n) is 1.48. The van der Waals surface area contributed by atoms with E-state index in [2.05, 4.69) is 32.2 Å². The molecule has 0 amide bonds. The first-order chi connectivity index (χ1) is 5.77. The molecular formula is C8H8BrN3. The van der Waals surface area contributed by atoms with Gasteiger partial charge in [0.15, 0.2) is 0 Å². The number of hydrogen-bond acceptors (Lipinski definition) is 3. The fraction of sp³-hybridized carbons (Fsp3) is 0.375. The number of alkyl halides is 1. The zero-order valence-corrected chi connectivity index (χ0v) is 8.24. The number of aromatic nitrogens is 2. The summed E-state index contributed by atoms with van der Waals surface area (Å²) in [6, 6.07) is 4.02. The van der Waals surface area contributed by atoms with Crippen molar-refractivity contribution in [2.75, 3.05) is 5.33 Å². The van der Waals surface area contributed by atoms with E-state index in [1.165, 1.54) is 0 Å². The fourth-order valence-electron chi connectivity index (χ4n) is 0.836. The maximum Gasteiger partial charge on any atom is 0.0999 e. The molecule has 1 heterocycles. The lowest BCUT2D eigenvalue weighted by Crippen LogP contribution is -2.01. The second-order valence-corrected chi connectivity index (χ2v) is 3.14. The smallest absolute Gasteiger partial charge is 0.0999 e. The van der Waals surface area contributed by atoms with Gasteiger partial charge in [-0.2, -0.15) is 15.5 Å². The second-order valence-electron chi connectivity index (χ2n) is 2.49. The molecule has 1 rings (SSSR count). The van der Waals surface area contributed by atoms with Crippen molar-refractivity contribution in [1.29, 1.82) is 5.26 Å². The highest BCUT2D eigenvalue weighted by Gasteiger charge is 2.10. The minimum Gasteiger partial charge on any atom is -0.198 e. The first-order valence-corrected chi connectivity index (χ1v) is 4.65. The van der Waals surface area contributed by atoms with E-state index in [1.807, 2.05) is 13.0 Å². The predicted octanol–water partition coefficient (Wildman–Crippen LogP) is 1.79. The Kier molecular flexibility index (Phi) is 3.18. The zero-order chi connectivity index (χ0) is 8.97. The van der Waals surface area contributed by atoms with E-state index in [1.54, 1.807) is 6.20 Å². The SMILES string of the molecule is Cc1cnnc(C(C#N)CBr)c1. The van der Waals surface area contributed by atoms with Gasteiger partial charge < -0.3 is 0 Å². The first kappa shape index (κ1) is 9.14. The van der Waals surface area contributed by atoms with Crippen LogP contribution in [0.25, 0.3) is 0 Å². The molecule has 1 aromatic rings. The van der Waals surface area contributed by atoms with Gasteiger partial charge in [0.1, 0.15) is 0 Å². The van der Waals surface area contributed by atoms with Crippen LogP contribution < -0.4 is 0 Å². The summed E-state index contributed by atoms with van der Waals surface area (Å²) in [5, 5.41) is 17.0. The summed E-state index contributed by atoms with van der Waals surface area (Å²) in [5.41, 5.74) is 1.76. The Hall–Kier alpha value is -0.950. The maximum atomic E-state index is 8.72. The average molecular weight is 226 g/mol. The summed E-state index contributed by atoms with van der Waals surface area (Å²) in [6.45, 7) is 1.93. The van der Waals surface area contributed by atoms with Crippen molar-refractivity contribution in [3.63, 3.8) is 0 Å². The predicted molar refractivity (Wildman–Crippen MR) is 48.9 cm³/mol. The molecule has 1 unspecified atom stereocenters. The third kappa shape index (κ3) is 2.02. The molecule has 0 aliphatic heterocycles. The number of nitriles is 1. The Morgan fingerprint density at radius 2 is 2.50 bits per heavy atom. The van der Waals surface area contributed by atoms with Crippen molar-refractivity contribution in [2.24, 2.45) is 0 Å². The number of hydrogen-bond donors (Lipinski definition) is 0. The van der Waals surface area contributed by atoms with Crippen LogP contribution in [0.15, 0.2) is 12.3 Å². The lowest BCUT2D eigenvalue weighted by molar-refractivity contribution is 0.860. The molecule has 1 aromatic heterocycles. The summed E-state index contributed by atoms with van der Waals surface area (Å²) in [5.74, 6) is -0.197. The Labute approximate surface area is 79.6 Å². The second kappa shape index (κ2) is 4.17. The van der Waals surface area contributed by atoms with Crippen LogP contribution in [0.5, 0.6) is 0 Å². The normalized spacial score (nSPS) is 12.1. The van der Waals surface area contributed by atoms with E-state index in [-0.39, 0.29) is 5.92 Å². The Bertz CT molecular complexity index is 305. The van der Waals surface area contributed by atoms with Crippen LogP contribution in [0.1, 0.15) is 17.2 Å². The molecule has 0 bridgehead atoms. The van der Waals surface area contributed by atoms with E-state index in [9.17, 15) is 0 Å². The number of rotatable bonds is 2. The van der Waals surface area contributed by atoms with Gasteiger partial charge in [0.2, 0.25) is 0 Å². The van der Waals surface area contributed by atoms with Gasteiger partial charge in [-0.1, -0.05) is 15.9 Å². The minimum atomic E-state index is -0.197. The van der Waals surface area contributed by atoms with Crippen LogP contribution in [0.4, 0.5) is 0 Å². The van der Waals surface area contributed by atoms with Gasteiger partial charge in [-0.25, -0.2) is 0 Å². The van der Waals surface area contributed by atoms with Gasteiger partial charge in [-0.05, 0) is 18.6 Å². The number of halogens is 1. The molecule has 0 aliphatic rings. The Balaban J connectivity index is 2.95. The standard InChI is InChI=1S/C8H8BrN3/c1-6-2-8(12-11-5-6)7(3-9)4-10/h2,5,7H,3H2,1H3. The molecule has 0 N–H and O–H groups in total. The summed E-state index contributed by atoms with van der Waals surface area (Å²) in [6.07, 6.45) is 1.67. The quantitative estimate of drug-likeness (QED) is 0.722. The van der Waals surface area contributed by atoms with Crippen LogP contribution in [0.2, 0.25) is 0 Å². The lowest BCUT2D eigenvalue weighted by Gasteiger charge is -2.02. The maximum absolute atomic E-state index is 8.72. The molecule has 0 saturated heterocycles. The molecule has 0 saturated carbocycles. The zero-order valence-electron chi connectivity index (χ0n) is 6.66. The van der Waals surface area contributed by atoms with Crippen LogP contribution >= 0.6 is 15.9 Å². The average Bonchev–Trinajstić information content (AvgIpc) is 2.07. The van der Waals surface area contributed by atoms with Crippen molar-refractivity contribution in [2.45, 2.75) is 12.8 Å². The first-order valence-electron chi connectivity index (χ1n) is 3.52. The molecule has 0 fully saturated rings. The number of aryl methyl sites for hydroxylation is 1. The minimum absolute atomic E-state index is 0.197. The van der Waals surface area contributed by atoms with Gasteiger partial charge in [-0.15, -0.1) is 0 Å². The van der Waals surface area contributed by atoms with Crippen molar-refractivity contribution >= 4 is 15.9 Å². The molecule has 62 valence electrons. The third-order valence-corrected chi connectivity index (χ3v) is 2.12.